The highest BCUT2D eigenvalue weighted by Gasteiger charge is 2.25. The molecule has 0 aromatic rings. The third-order valence-electron chi connectivity index (χ3n) is 2.59. The van der Waals surface area contributed by atoms with Gasteiger partial charge in [0, 0.05) is 13.1 Å². The van der Waals surface area contributed by atoms with Crippen LogP contribution in [-0.4, -0.2) is 46.6 Å². The minimum absolute atomic E-state index is 0.320. The van der Waals surface area contributed by atoms with Crippen molar-refractivity contribution in [1.82, 2.24) is 9.80 Å². The largest absolute Gasteiger partial charge is 0.351 e. The minimum Gasteiger partial charge on any atom is -0.351 e. The number of hydrogen-bond acceptors (Lipinski definition) is 5. The Hall–Kier alpha value is 0.130. The summed E-state index contributed by atoms with van der Waals surface area (Å²) in [6.45, 7) is 13.0. The van der Waals surface area contributed by atoms with E-state index in [4.69, 9.17) is 4.99 Å². The van der Waals surface area contributed by atoms with E-state index in [0.29, 0.717) is 5.50 Å². The van der Waals surface area contributed by atoms with Gasteiger partial charge in [0.25, 0.3) is 0 Å². The first-order valence-corrected chi connectivity index (χ1v) is 7.88. The molecule has 15 heavy (non-hydrogen) atoms. The van der Waals surface area contributed by atoms with Gasteiger partial charge in [-0.2, -0.15) is 0 Å². The van der Waals surface area contributed by atoms with Crippen LogP contribution in [0.15, 0.2) is 4.99 Å². The van der Waals surface area contributed by atoms with Crippen LogP contribution in [0.2, 0.25) is 0 Å². The van der Waals surface area contributed by atoms with Crippen molar-refractivity contribution >= 4 is 26.8 Å². The van der Waals surface area contributed by atoms with E-state index in [1.54, 1.807) is 0 Å². The molecule has 0 spiro atoms. The van der Waals surface area contributed by atoms with Gasteiger partial charge in [0.2, 0.25) is 0 Å². The quantitative estimate of drug-likeness (QED) is 0.695. The Morgan fingerprint density at radius 1 is 1.07 bits per heavy atom. The first kappa shape index (κ1) is 13.2. The second-order valence-electron chi connectivity index (χ2n) is 3.31. The first-order chi connectivity index (χ1) is 7.26. The lowest BCUT2D eigenvalue weighted by Crippen LogP contribution is -2.31. The summed E-state index contributed by atoms with van der Waals surface area (Å²) in [6, 6.07) is 0. The maximum Gasteiger partial charge on any atom is 0.172 e. The summed E-state index contributed by atoms with van der Waals surface area (Å²) < 4.78 is 0. The summed E-state index contributed by atoms with van der Waals surface area (Å²) in [6.07, 6.45) is 0. The lowest BCUT2D eigenvalue weighted by Gasteiger charge is -2.21. The van der Waals surface area contributed by atoms with Gasteiger partial charge in [-0.1, -0.05) is 13.8 Å². The summed E-state index contributed by atoms with van der Waals surface area (Å²) in [5.74, 6) is 0. The Morgan fingerprint density at radius 3 is 2.13 bits per heavy atom. The van der Waals surface area contributed by atoms with Crippen molar-refractivity contribution in [2.45, 2.75) is 33.2 Å². The van der Waals surface area contributed by atoms with Crippen LogP contribution in [0.4, 0.5) is 0 Å². The molecular formula is C10H21N3S2. The highest BCUT2D eigenvalue weighted by molar-refractivity contribution is 8.82. The molecular weight excluding hydrogens is 226 g/mol. The second-order valence-corrected chi connectivity index (χ2v) is 5.53. The molecule has 1 atom stereocenters. The molecule has 0 bridgehead atoms. The second kappa shape index (κ2) is 6.66. The Kier molecular flexibility index (Phi) is 5.86. The molecule has 0 aromatic carbocycles. The van der Waals surface area contributed by atoms with Crippen molar-refractivity contribution < 1.29 is 0 Å². The molecule has 88 valence electrons. The molecule has 0 amide bonds. The van der Waals surface area contributed by atoms with Gasteiger partial charge in [-0.3, -0.25) is 4.90 Å². The number of nitrogens with zero attached hydrogens (tertiary/aromatic N) is 3. The van der Waals surface area contributed by atoms with Crippen LogP contribution in [0.3, 0.4) is 0 Å². The smallest absolute Gasteiger partial charge is 0.172 e. The van der Waals surface area contributed by atoms with Crippen molar-refractivity contribution in [1.29, 1.82) is 0 Å². The molecule has 0 saturated carbocycles. The fourth-order valence-electron chi connectivity index (χ4n) is 1.53. The van der Waals surface area contributed by atoms with Gasteiger partial charge >= 0.3 is 0 Å². The van der Waals surface area contributed by atoms with Gasteiger partial charge in [0.05, 0.1) is 0 Å². The molecule has 5 heteroatoms. The fraction of sp³-hybridized carbons (Fsp3) is 0.900. The summed E-state index contributed by atoms with van der Waals surface area (Å²) in [5, 5.41) is 1.20. The third-order valence-corrected chi connectivity index (χ3v) is 5.03. The maximum absolute atomic E-state index is 4.77. The molecule has 0 aliphatic carbocycles. The molecule has 1 unspecified atom stereocenters. The highest BCUT2D eigenvalue weighted by Crippen LogP contribution is 2.38. The van der Waals surface area contributed by atoms with Crippen LogP contribution in [0.1, 0.15) is 27.7 Å². The van der Waals surface area contributed by atoms with E-state index < -0.39 is 0 Å². The maximum atomic E-state index is 4.77. The lowest BCUT2D eigenvalue weighted by molar-refractivity contribution is 0.290. The highest BCUT2D eigenvalue weighted by atomic mass is 33.1. The molecule has 1 rings (SSSR count). The van der Waals surface area contributed by atoms with E-state index in [1.165, 1.54) is 5.17 Å². The number of rotatable bonds is 5. The third kappa shape index (κ3) is 3.29. The van der Waals surface area contributed by atoms with Gasteiger partial charge in [-0.25, -0.2) is 4.99 Å². The summed E-state index contributed by atoms with van der Waals surface area (Å²) >= 11 is 0. The summed E-state index contributed by atoms with van der Waals surface area (Å²) in [4.78, 5) is 9.47. The number of hydrogen-bond donors (Lipinski definition) is 0. The van der Waals surface area contributed by atoms with Gasteiger partial charge in [0.15, 0.2) is 10.7 Å². The average Bonchev–Trinajstić information content (AvgIpc) is 2.71. The number of aliphatic imine (C=N–C) groups is 1. The van der Waals surface area contributed by atoms with E-state index in [1.807, 2.05) is 21.6 Å². The Bertz CT molecular complexity index is 213. The molecule has 3 nitrogen and oxygen atoms in total. The molecule has 0 fully saturated rings. The van der Waals surface area contributed by atoms with E-state index in [-0.39, 0.29) is 0 Å². The van der Waals surface area contributed by atoms with Gasteiger partial charge in [-0.15, -0.1) is 0 Å². The predicted octanol–water partition coefficient (Wildman–Crippen LogP) is 2.70. The molecule has 1 heterocycles. The Morgan fingerprint density at radius 2 is 1.67 bits per heavy atom. The van der Waals surface area contributed by atoms with Gasteiger partial charge in [-0.05, 0) is 48.5 Å². The summed E-state index contributed by atoms with van der Waals surface area (Å²) in [5.41, 5.74) is 0.320. The minimum atomic E-state index is 0.320. The summed E-state index contributed by atoms with van der Waals surface area (Å²) in [7, 11) is 3.68. The van der Waals surface area contributed by atoms with Crippen LogP contribution < -0.4 is 0 Å². The lowest BCUT2D eigenvalue weighted by atomic mass is 10.5. The fourth-order valence-corrected chi connectivity index (χ4v) is 4.29. The van der Waals surface area contributed by atoms with E-state index in [0.717, 1.165) is 26.2 Å². The molecule has 0 N–H and O–H groups in total. The van der Waals surface area contributed by atoms with Crippen molar-refractivity contribution in [2.75, 3.05) is 26.2 Å². The zero-order valence-corrected chi connectivity index (χ0v) is 11.7. The topological polar surface area (TPSA) is 18.8 Å². The van der Waals surface area contributed by atoms with Gasteiger partial charge in [0.1, 0.15) is 0 Å². The Balaban J connectivity index is 2.60. The van der Waals surface area contributed by atoms with Crippen molar-refractivity contribution in [3.05, 3.63) is 0 Å². The molecule has 1 aliphatic heterocycles. The zero-order chi connectivity index (χ0) is 11.3. The van der Waals surface area contributed by atoms with Crippen LogP contribution in [-0.2, 0) is 0 Å². The SMILES string of the molecule is CCN(CC)C1=NC(N(CC)CC)SS1. The van der Waals surface area contributed by atoms with Crippen molar-refractivity contribution in [2.24, 2.45) is 4.99 Å². The Labute approximate surface area is 101 Å². The molecule has 0 aromatic heterocycles. The molecule has 1 aliphatic rings. The predicted molar refractivity (Wildman–Crippen MR) is 72.2 cm³/mol. The normalized spacial score (nSPS) is 20.9. The van der Waals surface area contributed by atoms with Crippen LogP contribution in [0.25, 0.3) is 0 Å². The first-order valence-electron chi connectivity index (χ1n) is 5.66. The molecule has 0 radical (unpaired) electrons. The van der Waals surface area contributed by atoms with E-state index >= 15 is 0 Å². The van der Waals surface area contributed by atoms with E-state index in [9.17, 15) is 0 Å². The standard InChI is InChI=1S/C10H21N3S2/c1-5-12(6-2)9-11-10(15-14-9)13(7-3)8-4/h9H,5-8H2,1-4H3. The average molecular weight is 247 g/mol. The van der Waals surface area contributed by atoms with E-state index in [2.05, 4.69) is 37.5 Å². The molecule has 0 saturated heterocycles. The number of amidine groups is 1. The van der Waals surface area contributed by atoms with Gasteiger partial charge < -0.3 is 4.90 Å². The zero-order valence-electron chi connectivity index (χ0n) is 10.1. The van der Waals surface area contributed by atoms with Crippen molar-refractivity contribution in [3.8, 4) is 0 Å². The monoisotopic (exact) mass is 247 g/mol. The van der Waals surface area contributed by atoms with Crippen molar-refractivity contribution in [3.63, 3.8) is 0 Å². The van der Waals surface area contributed by atoms with Crippen LogP contribution >= 0.6 is 21.6 Å². The van der Waals surface area contributed by atoms with Crippen LogP contribution in [0, 0.1) is 0 Å². The van der Waals surface area contributed by atoms with Crippen LogP contribution in [0.5, 0.6) is 0 Å².